The molecule has 1 amide bonds. The lowest BCUT2D eigenvalue weighted by molar-refractivity contribution is -0.120. The van der Waals surface area contributed by atoms with E-state index in [1.165, 1.54) is 12.8 Å². The van der Waals surface area contributed by atoms with Crippen molar-refractivity contribution in [3.8, 4) is 11.5 Å². The van der Waals surface area contributed by atoms with Gasteiger partial charge in [0.1, 0.15) is 0 Å². The Bertz CT molecular complexity index is 473. The van der Waals surface area contributed by atoms with Crippen LogP contribution in [-0.4, -0.2) is 32.7 Å². The van der Waals surface area contributed by atoms with Gasteiger partial charge in [-0.3, -0.25) is 4.79 Å². The molecule has 0 aromatic heterocycles. The van der Waals surface area contributed by atoms with Crippen LogP contribution in [0, 0.1) is 5.92 Å². The molecule has 5 heteroatoms. The molecule has 1 aliphatic rings. The van der Waals surface area contributed by atoms with Crippen LogP contribution >= 0.6 is 0 Å². The second-order valence-corrected chi connectivity index (χ2v) is 5.27. The summed E-state index contributed by atoms with van der Waals surface area (Å²) in [6.45, 7) is 4.35. The number of hydrogen-bond donors (Lipinski definition) is 2. The summed E-state index contributed by atoms with van der Waals surface area (Å²) in [6, 6.07) is 5.70. The molecule has 0 heterocycles. The molecule has 5 nitrogen and oxygen atoms in total. The summed E-state index contributed by atoms with van der Waals surface area (Å²) in [4.78, 5) is 11.7. The number of ether oxygens (including phenoxy) is 2. The molecule has 2 rings (SSSR count). The number of amides is 1. The van der Waals surface area contributed by atoms with Crippen LogP contribution in [0.1, 0.15) is 25.3 Å². The lowest BCUT2D eigenvalue weighted by Crippen LogP contribution is -2.34. The summed E-state index contributed by atoms with van der Waals surface area (Å²) < 4.78 is 10.8. The highest BCUT2D eigenvalue weighted by atomic mass is 16.5. The first-order valence-corrected chi connectivity index (χ1v) is 7.50. The first-order chi connectivity index (χ1) is 10.2. The van der Waals surface area contributed by atoms with Crippen LogP contribution in [0.15, 0.2) is 18.2 Å². The molecule has 0 bridgehead atoms. The van der Waals surface area contributed by atoms with Gasteiger partial charge in [-0.25, -0.2) is 0 Å². The van der Waals surface area contributed by atoms with Crippen molar-refractivity contribution in [2.24, 2.45) is 5.92 Å². The topological polar surface area (TPSA) is 59.6 Å². The molecule has 0 spiro atoms. The fourth-order valence-electron chi connectivity index (χ4n) is 2.07. The smallest absolute Gasteiger partial charge is 0.234 e. The molecule has 1 saturated carbocycles. The van der Waals surface area contributed by atoms with E-state index in [1.807, 2.05) is 25.1 Å². The number of nitrogens with one attached hydrogen (secondary N) is 2. The third kappa shape index (κ3) is 5.27. The van der Waals surface area contributed by atoms with Crippen LogP contribution in [0.3, 0.4) is 0 Å². The largest absolute Gasteiger partial charge is 0.493 e. The predicted octanol–water partition coefficient (Wildman–Crippen LogP) is 1.71. The molecule has 116 valence electrons. The van der Waals surface area contributed by atoms with E-state index in [4.69, 9.17) is 9.47 Å². The molecule has 0 saturated heterocycles. The van der Waals surface area contributed by atoms with E-state index in [0.29, 0.717) is 25.4 Å². The van der Waals surface area contributed by atoms with Crippen LogP contribution in [0.4, 0.5) is 0 Å². The third-order valence-electron chi connectivity index (χ3n) is 3.43. The predicted molar refractivity (Wildman–Crippen MR) is 81.6 cm³/mol. The lowest BCUT2D eigenvalue weighted by Gasteiger charge is -2.11. The van der Waals surface area contributed by atoms with Gasteiger partial charge in [0.15, 0.2) is 11.5 Å². The summed E-state index contributed by atoms with van der Waals surface area (Å²) >= 11 is 0. The lowest BCUT2D eigenvalue weighted by atomic mass is 10.2. The summed E-state index contributed by atoms with van der Waals surface area (Å²) in [5.74, 6) is 2.22. The highest BCUT2D eigenvalue weighted by molar-refractivity contribution is 5.78. The Hall–Kier alpha value is -1.75. The van der Waals surface area contributed by atoms with Crippen molar-refractivity contribution in [1.29, 1.82) is 0 Å². The Morgan fingerprint density at radius 2 is 2.14 bits per heavy atom. The molecular formula is C16H24N2O3. The van der Waals surface area contributed by atoms with E-state index >= 15 is 0 Å². The molecule has 21 heavy (non-hydrogen) atoms. The molecule has 0 radical (unpaired) electrons. The molecular weight excluding hydrogens is 268 g/mol. The number of carbonyl (C=O) groups is 1. The Labute approximate surface area is 126 Å². The second kappa shape index (κ2) is 7.88. The van der Waals surface area contributed by atoms with E-state index in [9.17, 15) is 4.79 Å². The maximum atomic E-state index is 11.7. The molecule has 2 N–H and O–H groups in total. The fraction of sp³-hybridized carbons (Fsp3) is 0.562. The van der Waals surface area contributed by atoms with Gasteiger partial charge >= 0.3 is 0 Å². The average molecular weight is 292 g/mol. The Morgan fingerprint density at radius 1 is 1.33 bits per heavy atom. The van der Waals surface area contributed by atoms with Gasteiger partial charge in [0.2, 0.25) is 5.91 Å². The number of hydrogen-bond acceptors (Lipinski definition) is 4. The Balaban J connectivity index is 1.77. The number of rotatable bonds is 9. The molecule has 0 aliphatic heterocycles. The van der Waals surface area contributed by atoms with E-state index in [-0.39, 0.29) is 5.91 Å². The van der Waals surface area contributed by atoms with E-state index in [2.05, 4.69) is 10.6 Å². The summed E-state index contributed by atoms with van der Waals surface area (Å²) in [5, 5.41) is 6.07. The van der Waals surface area contributed by atoms with Crippen LogP contribution in [0.2, 0.25) is 0 Å². The monoisotopic (exact) mass is 292 g/mol. The summed E-state index contributed by atoms with van der Waals surface area (Å²) in [7, 11) is 1.61. The van der Waals surface area contributed by atoms with Crippen LogP contribution in [0.5, 0.6) is 11.5 Å². The van der Waals surface area contributed by atoms with Crippen LogP contribution in [-0.2, 0) is 11.3 Å². The minimum atomic E-state index is 0.0171. The van der Waals surface area contributed by atoms with Crippen molar-refractivity contribution in [2.75, 3.05) is 26.8 Å². The van der Waals surface area contributed by atoms with Gasteiger partial charge in [-0.15, -0.1) is 0 Å². The van der Waals surface area contributed by atoms with Crippen molar-refractivity contribution >= 4 is 5.91 Å². The van der Waals surface area contributed by atoms with Crippen LogP contribution < -0.4 is 20.1 Å². The van der Waals surface area contributed by atoms with Crippen molar-refractivity contribution in [1.82, 2.24) is 10.6 Å². The average Bonchev–Trinajstić information content (AvgIpc) is 3.30. The van der Waals surface area contributed by atoms with E-state index < -0.39 is 0 Å². The summed E-state index contributed by atoms with van der Waals surface area (Å²) in [5.41, 5.74) is 0.992. The molecule has 1 aliphatic carbocycles. The fourth-order valence-corrected chi connectivity index (χ4v) is 2.07. The zero-order valence-electron chi connectivity index (χ0n) is 12.8. The summed E-state index contributed by atoms with van der Waals surface area (Å²) in [6.07, 6.45) is 2.58. The SMILES string of the molecule is CCOc1ccc(CNC(=O)CNCC2CC2)cc1OC. The van der Waals surface area contributed by atoms with Gasteiger partial charge in [-0.2, -0.15) is 0 Å². The van der Waals surface area contributed by atoms with E-state index in [0.717, 1.165) is 23.8 Å². The number of benzene rings is 1. The maximum absolute atomic E-state index is 11.7. The van der Waals surface area contributed by atoms with E-state index in [1.54, 1.807) is 7.11 Å². The van der Waals surface area contributed by atoms with Gasteiger partial charge in [-0.1, -0.05) is 6.07 Å². The molecule has 0 unspecified atom stereocenters. The molecule has 1 aromatic carbocycles. The quantitative estimate of drug-likeness (QED) is 0.727. The second-order valence-electron chi connectivity index (χ2n) is 5.27. The normalized spacial score (nSPS) is 13.8. The minimum absolute atomic E-state index is 0.0171. The minimum Gasteiger partial charge on any atom is -0.493 e. The number of methoxy groups -OCH3 is 1. The Kier molecular flexibility index (Phi) is 5.87. The molecule has 1 fully saturated rings. The van der Waals surface area contributed by atoms with Crippen LogP contribution in [0.25, 0.3) is 0 Å². The zero-order chi connectivity index (χ0) is 15.1. The molecule has 0 atom stereocenters. The van der Waals surface area contributed by atoms with Crippen molar-refractivity contribution in [3.05, 3.63) is 23.8 Å². The van der Waals surface area contributed by atoms with Crippen molar-refractivity contribution in [2.45, 2.75) is 26.3 Å². The van der Waals surface area contributed by atoms with Gasteiger partial charge < -0.3 is 20.1 Å². The van der Waals surface area contributed by atoms with Gasteiger partial charge in [0.05, 0.1) is 20.3 Å². The molecule has 1 aromatic rings. The first kappa shape index (κ1) is 15.6. The highest BCUT2D eigenvalue weighted by Crippen LogP contribution is 2.28. The van der Waals surface area contributed by atoms with Gasteiger partial charge in [0, 0.05) is 6.54 Å². The zero-order valence-corrected chi connectivity index (χ0v) is 12.8. The number of carbonyl (C=O) groups excluding carboxylic acids is 1. The maximum Gasteiger partial charge on any atom is 0.234 e. The van der Waals surface area contributed by atoms with Gasteiger partial charge in [-0.05, 0) is 49.9 Å². The standard InChI is InChI=1S/C16H24N2O3/c1-3-21-14-7-6-13(8-15(14)20-2)10-18-16(19)11-17-9-12-4-5-12/h6-8,12,17H,3-5,9-11H2,1-2H3,(H,18,19). The third-order valence-corrected chi connectivity index (χ3v) is 3.43. The highest BCUT2D eigenvalue weighted by Gasteiger charge is 2.20. The Morgan fingerprint density at radius 3 is 2.81 bits per heavy atom. The first-order valence-electron chi connectivity index (χ1n) is 7.50. The van der Waals surface area contributed by atoms with Crippen molar-refractivity contribution < 1.29 is 14.3 Å². The van der Waals surface area contributed by atoms with Crippen molar-refractivity contribution in [3.63, 3.8) is 0 Å². The van der Waals surface area contributed by atoms with Gasteiger partial charge in [0.25, 0.3) is 0 Å².